The number of pyridine rings is 1. The average Bonchev–Trinajstić information content (AvgIpc) is 3.29. The van der Waals surface area contributed by atoms with E-state index in [2.05, 4.69) is 51.6 Å². The predicted octanol–water partition coefficient (Wildman–Crippen LogP) is 5.56. The SMILES string of the molecule is Cc1cc2nccc(Sc3ncc(NC(=O)Nc4nccs4)s3)c2cc1C. The van der Waals surface area contributed by atoms with Crippen LogP contribution in [0, 0.1) is 13.8 Å². The van der Waals surface area contributed by atoms with Gasteiger partial charge in [0.2, 0.25) is 0 Å². The van der Waals surface area contributed by atoms with E-state index in [1.807, 2.05) is 12.3 Å². The summed E-state index contributed by atoms with van der Waals surface area (Å²) < 4.78 is 0.852. The van der Waals surface area contributed by atoms with Gasteiger partial charge in [0.1, 0.15) is 5.00 Å². The number of carbonyl (C=O) groups is 1. The fourth-order valence-corrected chi connectivity index (χ4v) is 4.92. The Hall–Kier alpha value is -2.49. The Bertz CT molecular complexity index is 1110. The van der Waals surface area contributed by atoms with E-state index in [0.29, 0.717) is 10.1 Å². The first kappa shape index (κ1) is 17.9. The largest absolute Gasteiger partial charge is 0.326 e. The van der Waals surface area contributed by atoms with Crippen molar-refractivity contribution in [2.24, 2.45) is 0 Å². The highest BCUT2D eigenvalue weighted by Crippen LogP contribution is 2.37. The van der Waals surface area contributed by atoms with E-state index in [1.165, 1.54) is 33.8 Å². The van der Waals surface area contributed by atoms with E-state index >= 15 is 0 Å². The lowest BCUT2D eigenvalue weighted by Crippen LogP contribution is -2.18. The molecular formula is C18H15N5OS3. The molecule has 4 aromatic rings. The third-order valence-corrected chi connectivity index (χ3v) is 6.64. The van der Waals surface area contributed by atoms with Crippen LogP contribution in [0.2, 0.25) is 0 Å². The first-order valence-electron chi connectivity index (χ1n) is 8.05. The lowest BCUT2D eigenvalue weighted by Gasteiger charge is -2.07. The zero-order valence-electron chi connectivity index (χ0n) is 14.5. The van der Waals surface area contributed by atoms with Crippen LogP contribution in [-0.2, 0) is 0 Å². The van der Waals surface area contributed by atoms with E-state index in [0.717, 1.165) is 20.1 Å². The second kappa shape index (κ2) is 7.63. The van der Waals surface area contributed by atoms with Crippen molar-refractivity contribution in [3.63, 3.8) is 0 Å². The molecule has 0 radical (unpaired) electrons. The fraction of sp³-hybridized carbons (Fsp3) is 0.111. The summed E-state index contributed by atoms with van der Waals surface area (Å²) in [5, 5.41) is 9.62. The molecule has 0 saturated carbocycles. The van der Waals surface area contributed by atoms with Crippen LogP contribution in [0.5, 0.6) is 0 Å². The number of urea groups is 1. The zero-order chi connectivity index (χ0) is 18.8. The smallest absolute Gasteiger partial charge is 0.298 e. The van der Waals surface area contributed by atoms with Crippen molar-refractivity contribution in [3.8, 4) is 0 Å². The van der Waals surface area contributed by atoms with Crippen molar-refractivity contribution < 1.29 is 4.79 Å². The van der Waals surface area contributed by atoms with Crippen LogP contribution in [0.15, 0.2) is 51.4 Å². The molecule has 136 valence electrons. The molecule has 0 atom stereocenters. The molecule has 1 aromatic carbocycles. The van der Waals surface area contributed by atoms with Gasteiger partial charge in [-0.25, -0.2) is 14.8 Å². The Labute approximate surface area is 168 Å². The molecule has 0 fully saturated rings. The maximum atomic E-state index is 12.0. The molecule has 0 aliphatic heterocycles. The molecule has 0 unspecified atom stereocenters. The Morgan fingerprint density at radius 3 is 2.74 bits per heavy atom. The number of aromatic nitrogens is 3. The van der Waals surface area contributed by atoms with Crippen molar-refractivity contribution in [1.82, 2.24) is 15.0 Å². The van der Waals surface area contributed by atoms with Gasteiger partial charge in [-0.05, 0) is 43.2 Å². The molecule has 0 spiro atoms. The van der Waals surface area contributed by atoms with Gasteiger partial charge in [-0.1, -0.05) is 23.1 Å². The van der Waals surface area contributed by atoms with Crippen molar-refractivity contribution in [2.45, 2.75) is 23.1 Å². The van der Waals surface area contributed by atoms with Gasteiger partial charge in [-0.15, -0.1) is 11.3 Å². The van der Waals surface area contributed by atoms with E-state index in [4.69, 9.17) is 0 Å². The maximum absolute atomic E-state index is 12.0. The van der Waals surface area contributed by atoms with Crippen LogP contribution in [-0.4, -0.2) is 21.0 Å². The molecule has 2 amide bonds. The number of nitrogens with one attached hydrogen (secondary N) is 2. The maximum Gasteiger partial charge on any atom is 0.326 e. The van der Waals surface area contributed by atoms with Crippen molar-refractivity contribution in [1.29, 1.82) is 0 Å². The van der Waals surface area contributed by atoms with Gasteiger partial charge in [0.15, 0.2) is 9.47 Å². The molecule has 9 heteroatoms. The molecule has 2 N–H and O–H groups in total. The van der Waals surface area contributed by atoms with Crippen LogP contribution in [0.4, 0.5) is 14.9 Å². The van der Waals surface area contributed by atoms with Gasteiger partial charge in [-0.3, -0.25) is 15.6 Å². The zero-order valence-corrected chi connectivity index (χ0v) is 17.0. The average molecular weight is 414 g/mol. The molecule has 0 bridgehead atoms. The van der Waals surface area contributed by atoms with Gasteiger partial charge >= 0.3 is 6.03 Å². The molecular weight excluding hydrogens is 398 g/mol. The quantitative estimate of drug-likeness (QED) is 0.458. The second-order valence-corrected chi connectivity index (χ2v) is 8.99. The number of benzene rings is 1. The number of fused-ring (bicyclic) bond motifs is 1. The minimum atomic E-state index is -0.328. The van der Waals surface area contributed by atoms with Crippen molar-refractivity contribution in [2.75, 3.05) is 10.6 Å². The van der Waals surface area contributed by atoms with Crippen LogP contribution in [0.1, 0.15) is 11.1 Å². The number of anilines is 2. The minimum Gasteiger partial charge on any atom is -0.298 e. The normalized spacial score (nSPS) is 10.9. The van der Waals surface area contributed by atoms with Crippen molar-refractivity contribution in [3.05, 3.63) is 53.3 Å². The van der Waals surface area contributed by atoms with Gasteiger partial charge in [-0.2, -0.15) is 0 Å². The summed E-state index contributed by atoms with van der Waals surface area (Å²) in [6.45, 7) is 4.19. The molecule has 4 rings (SSSR count). The van der Waals surface area contributed by atoms with Crippen LogP contribution in [0.25, 0.3) is 10.9 Å². The Kier molecular flexibility index (Phi) is 5.06. The number of nitrogens with zero attached hydrogens (tertiary/aromatic N) is 3. The summed E-state index contributed by atoms with van der Waals surface area (Å²) in [7, 11) is 0. The molecule has 3 aromatic heterocycles. The highest BCUT2D eigenvalue weighted by molar-refractivity contribution is 8.01. The Balaban J connectivity index is 1.50. The van der Waals surface area contributed by atoms with Crippen LogP contribution in [0.3, 0.4) is 0 Å². The lowest BCUT2D eigenvalue weighted by atomic mass is 10.1. The standard InChI is InChI=1S/C18H15N5OS3/c1-10-7-12-13(8-11(10)2)19-4-3-14(12)26-18-21-9-15(27-18)22-16(24)23-17-20-5-6-25-17/h3-9H,1-2H3,(H2,20,22,23,24). The summed E-state index contributed by atoms with van der Waals surface area (Å²) in [6.07, 6.45) is 5.12. The summed E-state index contributed by atoms with van der Waals surface area (Å²) in [6, 6.07) is 5.93. The predicted molar refractivity (Wildman–Crippen MR) is 112 cm³/mol. The molecule has 3 heterocycles. The van der Waals surface area contributed by atoms with Crippen LogP contribution >= 0.6 is 34.4 Å². The first-order chi connectivity index (χ1) is 13.1. The highest BCUT2D eigenvalue weighted by atomic mass is 32.2. The topological polar surface area (TPSA) is 79.8 Å². The number of hydrogen-bond acceptors (Lipinski definition) is 7. The minimum absolute atomic E-state index is 0.328. The van der Waals surface area contributed by atoms with Gasteiger partial charge in [0, 0.05) is 28.1 Å². The molecule has 6 nitrogen and oxygen atoms in total. The lowest BCUT2D eigenvalue weighted by molar-refractivity contribution is 0.262. The first-order valence-corrected chi connectivity index (χ1v) is 10.6. The van der Waals surface area contributed by atoms with E-state index in [9.17, 15) is 4.79 Å². The Morgan fingerprint density at radius 1 is 1.07 bits per heavy atom. The van der Waals surface area contributed by atoms with Gasteiger partial charge in [0.25, 0.3) is 0 Å². The number of aryl methyl sites for hydroxylation is 2. The highest BCUT2D eigenvalue weighted by Gasteiger charge is 2.11. The number of rotatable bonds is 4. The van der Waals surface area contributed by atoms with Crippen LogP contribution < -0.4 is 10.6 Å². The summed E-state index contributed by atoms with van der Waals surface area (Å²) >= 11 is 4.36. The molecule has 0 aliphatic rings. The molecule has 0 saturated heterocycles. The van der Waals surface area contributed by atoms with Gasteiger partial charge in [0.05, 0.1) is 11.7 Å². The molecule has 0 aliphatic carbocycles. The second-order valence-electron chi connectivity index (χ2n) is 5.77. The Morgan fingerprint density at radius 2 is 1.93 bits per heavy atom. The van der Waals surface area contributed by atoms with Crippen molar-refractivity contribution >= 4 is 61.5 Å². The third kappa shape index (κ3) is 4.10. The summed E-state index contributed by atoms with van der Waals surface area (Å²) in [5.74, 6) is 0. The number of thiazole rings is 2. The van der Waals surface area contributed by atoms with E-state index < -0.39 is 0 Å². The van der Waals surface area contributed by atoms with E-state index in [-0.39, 0.29) is 6.03 Å². The number of carbonyl (C=O) groups excluding carboxylic acids is 1. The number of hydrogen-bond donors (Lipinski definition) is 2. The fourth-order valence-electron chi connectivity index (χ4n) is 2.45. The van der Waals surface area contributed by atoms with Gasteiger partial charge < -0.3 is 0 Å². The summed E-state index contributed by atoms with van der Waals surface area (Å²) in [5.41, 5.74) is 3.43. The monoisotopic (exact) mass is 413 g/mol. The summed E-state index contributed by atoms with van der Waals surface area (Å²) in [4.78, 5) is 26.0. The molecule has 27 heavy (non-hydrogen) atoms. The van der Waals surface area contributed by atoms with E-state index in [1.54, 1.807) is 29.5 Å². The third-order valence-electron chi connectivity index (χ3n) is 3.89. The number of amides is 2.